The minimum Gasteiger partial charge on any atom is -0.462 e. The van der Waals surface area contributed by atoms with Crippen molar-refractivity contribution in [2.75, 3.05) is 13.2 Å². The van der Waals surface area contributed by atoms with Gasteiger partial charge in [0.1, 0.15) is 13.2 Å². The summed E-state index contributed by atoms with van der Waals surface area (Å²) in [5.74, 6) is -0.944. The lowest BCUT2D eigenvalue weighted by molar-refractivity contribution is -0.167. The highest BCUT2D eigenvalue weighted by Crippen LogP contribution is 2.15. The average Bonchev–Trinajstić information content (AvgIpc) is 3.46. The number of rotatable bonds is 58. The van der Waals surface area contributed by atoms with Gasteiger partial charge in [0.25, 0.3) is 0 Å². The van der Waals surface area contributed by atoms with Crippen LogP contribution in [0, 0.1) is 0 Å². The maximum Gasteiger partial charge on any atom is 0.306 e. The number of hydrogen-bond acceptors (Lipinski definition) is 6. The zero-order chi connectivity index (χ0) is 58.5. The Morgan fingerprint density at radius 3 is 0.753 bits per heavy atom. The van der Waals surface area contributed by atoms with Crippen LogP contribution in [-0.2, 0) is 28.6 Å². The van der Waals surface area contributed by atoms with E-state index in [4.69, 9.17) is 14.2 Å². The van der Waals surface area contributed by atoms with Crippen molar-refractivity contribution < 1.29 is 28.6 Å². The Balaban J connectivity index is 4.40. The van der Waals surface area contributed by atoms with Crippen LogP contribution in [0.5, 0.6) is 0 Å². The van der Waals surface area contributed by atoms with E-state index in [9.17, 15) is 14.4 Å². The van der Waals surface area contributed by atoms with Crippen LogP contribution in [0.15, 0.2) is 158 Å². The molecule has 0 rings (SSSR count). The molecule has 0 aliphatic heterocycles. The Morgan fingerprint density at radius 1 is 0.259 bits per heavy atom. The first-order valence-electron chi connectivity index (χ1n) is 33.0. The Morgan fingerprint density at radius 2 is 0.481 bits per heavy atom. The van der Waals surface area contributed by atoms with E-state index in [1.54, 1.807) is 0 Å². The maximum atomic E-state index is 12.9. The van der Waals surface area contributed by atoms with Gasteiger partial charge >= 0.3 is 17.9 Å². The van der Waals surface area contributed by atoms with Crippen molar-refractivity contribution in [3.63, 3.8) is 0 Å². The molecule has 81 heavy (non-hydrogen) atoms. The van der Waals surface area contributed by atoms with Gasteiger partial charge in [0.2, 0.25) is 0 Å². The van der Waals surface area contributed by atoms with Crippen molar-refractivity contribution in [1.82, 2.24) is 0 Å². The van der Waals surface area contributed by atoms with Crippen LogP contribution in [0.25, 0.3) is 0 Å². The standard InChI is InChI=1S/C75H120O6/c1-4-7-10-13-16-19-22-25-27-29-31-33-35-36-37-38-40-41-43-45-47-50-53-56-59-62-65-68-74(77)80-71-72(70-79-73(76)67-64-61-58-55-52-49-24-21-18-15-12-9-6-3)81-75(78)69-66-63-60-57-54-51-48-46-44-42-39-34-32-30-28-26-23-20-17-14-11-8-5-2/h7-8,10-12,15-17,19-21,24-28,31-34,36-37,42,44,48,51,72H,4-6,9,13-14,18,22-23,29-30,35,38-41,43,45-47,49-50,52-71H2,1-3H3/b10-7-,11-8-,15-12-,19-16-,20-17-,24-21-,27-25-,28-26-,33-31-,34-32-,37-36-,44-42-,51-48-. The topological polar surface area (TPSA) is 78.9 Å². The molecular formula is C75H120O6. The number of carbonyl (C=O) groups is 3. The largest absolute Gasteiger partial charge is 0.462 e. The van der Waals surface area contributed by atoms with Gasteiger partial charge < -0.3 is 14.2 Å². The number of hydrogen-bond donors (Lipinski definition) is 0. The van der Waals surface area contributed by atoms with Crippen LogP contribution in [-0.4, -0.2) is 37.2 Å². The molecule has 0 N–H and O–H groups in total. The second kappa shape index (κ2) is 67.5. The minimum atomic E-state index is -0.808. The van der Waals surface area contributed by atoms with E-state index in [1.165, 1.54) is 64.2 Å². The van der Waals surface area contributed by atoms with Crippen molar-refractivity contribution in [2.45, 2.75) is 284 Å². The summed E-state index contributed by atoms with van der Waals surface area (Å²) >= 11 is 0. The monoisotopic (exact) mass is 1120 g/mol. The second-order valence-electron chi connectivity index (χ2n) is 21.3. The highest BCUT2D eigenvalue weighted by molar-refractivity contribution is 5.71. The average molecular weight is 1120 g/mol. The third kappa shape index (κ3) is 65.7. The van der Waals surface area contributed by atoms with Gasteiger partial charge in [-0.15, -0.1) is 0 Å². The SMILES string of the molecule is CC/C=C\C/C=C\C/C=C\C/C=C\C/C=C\C/C=C\CCCCCCC(=O)OC(COC(=O)CCCCCCC/C=C\C/C=C\CCC)COC(=O)CCCCCCCCCCCCC/C=C\C/C=C\C/C=C\C/C=C\C/C=C\CC. The molecule has 0 spiro atoms. The van der Waals surface area contributed by atoms with Gasteiger partial charge in [0.05, 0.1) is 0 Å². The predicted octanol–water partition coefficient (Wildman–Crippen LogP) is 22.9. The highest BCUT2D eigenvalue weighted by Gasteiger charge is 2.19. The Labute approximate surface area is 499 Å². The molecule has 0 saturated carbocycles. The molecule has 0 aromatic carbocycles. The molecular weight excluding hydrogens is 997 g/mol. The van der Waals surface area contributed by atoms with Crippen molar-refractivity contribution in [1.29, 1.82) is 0 Å². The molecule has 1 atom stereocenters. The number of esters is 3. The summed E-state index contributed by atoms with van der Waals surface area (Å²) in [6.45, 7) is 6.32. The molecule has 456 valence electrons. The molecule has 0 bridgehead atoms. The van der Waals surface area contributed by atoms with E-state index in [-0.39, 0.29) is 37.5 Å². The molecule has 0 heterocycles. The third-order valence-corrected chi connectivity index (χ3v) is 13.5. The molecule has 0 aromatic heterocycles. The number of ether oxygens (including phenoxy) is 3. The molecule has 0 saturated heterocycles. The Bertz CT molecular complexity index is 1810. The molecule has 0 aromatic rings. The van der Waals surface area contributed by atoms with Crippen molar-refractivity contribution in [2.24, 2.45) is 0 Å². The summed E-state index contributed by atoms with van der Waals surface area (Å²) in [5.41, 5.74) is 0. The summed E-state index contributed by atoms with van der Waals surface area (Å²) in [6.07, 6.45) is 98.2. The van der Waals surface area contributed by atoms with Gasteiger partial charge in [-0.25, -0.2) is 0 Å². The van der Waals surface area contributed by atoms with E-state index in [2.05, 4.69) is 179 Å². The van der Waals surface area contributed by atoms with E-state index >= 15 is 0 Å². The molecule has 6 heteroatoms. The maximum absolute atomic E-state index is 12.9. The molecule has 0 aliphatic carbocycles. The Kier molecular flexibility index (Phi) is 63.4. The van der Waals surface area contributed by atoms with Crippen molar-refractivity contribution in [3.8, 4) is 0 Å². The summed E-state index contributed by atoms with van der Waals surface area (Å²) < 4.78 is 16.9. The lowest BCUT2D eigenvalue weighted by atomic mass is 10.0. The molecule has 1 unspecified atom stereocenters. The van der Waals surface area contributed by atoms with Crippen molar-refractivity contribution in [3.05, 3.63) is 158 Å². The van der Waals surface area contributed by atoms with E-state index < -0.39 is 6.10 Å². The molecule has 0 fully saturated rings. The smallest absolute Gasteiger partial charge is 0.306 e. The normalized spacial score (nSPS) is 13.2. The lowest BCUT2D eigenvalue weighted by Crippen LogP contribution is -2.30. The fraction of sp³-hybridized carbons (Fsp3) is 0.613. The molecule has 6 nitrogen and oxygen atoms in total. The number of allylic oxidation sites excluding steroid dienone is 26. The number of carbonyl (C=O) groups excluding carboxylic acids is 3. The van der Waals surface area contributed by atoms with Crippen LogP contribution >= 0.6 is 0 Å². The lowest BCUT2D eigenvalue weighted by Gasteiger charge is -2.18. The van der Waals surface area contributed by atoms with Crippen LogP contribution < -0.4 is 0 Å². The fourth-order valence-electron chi connectivity index (χ4n) is 8.63. The van der Waals surface area contributed by atoms with E-state index in [0.29, 0.717) is 12.8 Å². The second-order valence-corrected chi connectivity index (χ2v) is 21.3. The predicted molar refractivity (Wildman–Crippen MR) is 352 cm³/mol. The van der Waals surface area contributed by atoms with Crippen LogP contribution in [0.2, 0.25) is 0 Å². The number of unbranched alkanes of at least 4 members (excludes halogenated alkanes) is 21. The van der Waals surface area contributed by atoms with Gasteiger partial charge in [-0.1, -0.05) is 275 Å². The molecule has 0 amide bonds. The van der Waals surface area contributed by atoms with E-state index in [1.807, 2.05) is 0 Å². The minimum absolute atomic E-state index is 0.101. The zero-order valence-electron chi connectivity index (χ0n) is 52.2. The summed E-state index contributed by atoms with van der Waals surface area (Å²) in [4.78, 5) is 38.4. The van der Waals surface area contributed by atoms with Crippen LogP contribution in [0.4, 0.5) is 0 Å². The van der Waals surface area contributed by atoms with Gasteiger partial charge in [0, 0.05) is 19.3 Å². The molecule has 0 radical (unpaired) electrons. The fourth-order valence-corrected chi connectivity index (χ4v) is 8.63. The van der Waals surface area contributed by atoms with Crippen molar-refractivity contribution >= 4 is 17.9 Å². The summed E-state index contributed by atoms with van der Waals surface area (Å²) in [5, 5.41) is 0. The van der Waals surface area contributed by atoms with E-state index in [0.717, 1.165) is 173 Å². The quantitative estimate of drug-likeness (QED) is 0.0261. The van der Waals surface area contributed by atoms with Crippen LogP contribution in [0.1, 0.15) is 278 Å². The Hall–Kier alpha value is -4.97. The van der Waals surface area contributed by atoms with Gasteiger partial charge in [0.15, 0.2) is 6.10 Å². The summed E-state index contributed by atoms with van der Waals surface area (Å²) in [6, 6.07) is 0. The zero-order valence-corrected chi connectivity index (χ0v) is 52.2. The first kappa shape index (κ1) is 76.0. The van der Waals surface area contributed by atoms with Gasteiger partial charge in [-0.3, -0.25) is 14.4 Å². The third-order valence-electron chi connectivity index (χ3n) is 13.5. The van der Waals surface area contributed by atoms with Gasteiger partial charge in [-0.2, -0.15) is 0 Å². The molecule has 0 aliphatic rings. The van der Waals surface area contributed by atoms with Crippen LogP contribution in [0.3, 0.4) is 0 Å². The van der Waals surface area contributed by atoms with Gasteiger partial charge in [-0.05, 0) is 141 Å². The first-order chi connectivity index (χ1) is 40.0. The first-order valence-corrected chi connectivity index (χ1v) is 33.0. The summed E-state index contributed by atoms with van der Waals surface area (Å²) in [7, 11) is 0. The highest BCUT2D eigenvalue weighted by atomic mass is 16.6.